The number of carbonyl (C=O) groups is 2. The summed E-state index contributed by atoms with van der Waals surface area (Å²) < 4.78 is 4.90. The third kappa shape index (κ3) is 3.81. The van der Waals surface area contributed by atoms with E-state index in [4.69, 9.17) is 16.3 Å². The van der Waals surface area contributed by atoms with Gasteiger partial charge in [-0.25, -0.2) is 4.90 Å². The van der Waals surface area contributed by atoms with E-state index in [-0.39, 0.29) is 24.6 Å². The predicted molar refractivity (Wildman–Crippen MR) is 112 cm³/mol. The molecule has 0 spiro atoms. The number of benzene rings is 2. The zero-order valence-electron chi connectivity index (χ0n) is 16.0. The summed E-state index contributed by atoms with van der Waals surface area (Å²) in [5.41, 5.74) is 1.42. The van der Waals surface area contributed by atoms with E-state index in [9.17, 15) is 19.7 Å². The number of halogens is 1. The highest BCUT2D eigenvalue weighted by molar-refractivity contribution is 6.33. The lowest BCUT2D eigenvalue weighted by Crippen LogP contribution is -2.47. The van der Waals surface area contributed by atoms with Crippen molar-refractivity contribution < 1.29 is 19.2 Å². The van der Waals surface area contributed by atoms with E-state index >= 15 is 0 Å². The van der Waals surface area contributed by atoms with Gasteiger partial charge in [0.1, 0.15) is 18.9 Å². The maximum Gasteiger partial charge on any atom is 0.294 e. The standard InChI is InChI=1S/C20H19ClN4O5/c21-15-3-1-2-4-16(15)22-7-9-23(10-8-22)17-6-5-14(11-18(17)25(28)29)24-19(26)12-30-13-20(24)27/h1-6,11H,7-10,12-13H2. The number of para-hydroxylation sites is 1. The van der Waals surface area contributed by atoms with Crippen molar-refractivity contribution in [2.24, 2.45) is 0 Å². The van der Waals surface area contributed by atoms with Crippen LogP contribution in [0.15, 0.2) is 42.5 Å². The number of ether oxygens (including phenoxy) is 1. The largest absolute Gasteiger partial charge is 0.367 e. The fourth-order valence-corrected chi connectivity index (χ4v) is 4.00. The Morgan fingerprint density at radius 3 is 2.10 bits per heavy atom. The van der Waals surface area contributed by atoms with Crippen molar-refractivity contribution in [3.63, 3.8) is 0 Å². The molecule has 2 aliphatic rings. The monoisotopic (exact) mass is 430 g/mol. The van der Waals surface area contributed by atoms with E-state index in [1.54, 1.807) is 12.1 Å². The Kier molecular flexibility index (Phi) is 5.56. The number of hydrogen-bond acceptors (Lipinski definition) is 7. The number of morpholine rings is 1. The van der Waals surface area contributed by atoms with Crippen molar-refractivity contribution in [3.05, 3.63) is 57.6 Å². The van der Waals surface area contributed by atoms with Crippen LogP contribution in [0.1, 0.15) is 0 Å². The Morgan fingerprint density at radius 2 is 1.50 bits per heavy atom. The summed E-state index contributed by atoms with van der Waals surface area (Å²) in [7, 11) is 0. The number of hydrogen-bond donors (Lipinski definition) is 0. The first kappa shape index (κ1) is 20.1. The van der Waals surface area contributed by atoms with Crippen LogP contribution in [0.3, 0.4) is 0 Å². The Balaban J connectivity index is 1.56. The Hall–Kier alpha value is -3.17. The molecule has 2 fully saturated rings. The van der Waals surface area contributed by atoms with Crippen molar-refractivity contribution in [3.8, 4) is 0 Å². The number of amides is 2. The molecule has 0 saturated carbocycles. The van der Waals surface area contributed by atoms with Gasteiger partial charge in [-0.1, -0.05) is 23.7 Å². The summed E-state index contributed by atoms with van der Waals surface area (Å²) in [5, 5.41) is 12.4. The molecule has 2 heterocycles. The van der Waals surface area contributed by atoms with Gasteiger partial charge in [-0.05, 0) is 24.3 Å². The van der Waals surface area contributed by atoms with Crippen molar-refractivity contribution >= 4 is 46.2 Å². The van der Waals surface area contributed by atoms with E-state index in [2.05, 4.69) is 4.90 Å². The van der Waals surface area contributed by atoms with Crippen molar-refractivity contribution in [1.82, 2.24) is 0 Å². The first-order chi connectivity index (χ1) is 14.5. The van der Waals surface area contributed by atoms with Gasteiger partial charge in [-0.15, -0.1) is 0 Å². The van der Waals surface area contributed by atoms with Gasteiger partial charge in [0.15, 0.2) is 0 Å². The van der Waals surface area contributed by atoms with Gasteiger partial charge in [0.25, 0.3) is 17.5 Å². The van der Waals surface area contributed by atoms with Crippen LogP contribution in [-0.2, 0) is 14.3 Å². The molecule has 0 radical (unpaired) electrons. The predicted octanol–water partition coefficient (Wildman–Crippen LogP) is 2.46. The molecule has 0 aliphatic carbocycles. The van der Waals surface area contributed by atoms with Crippen LogP contribution in [0.25, 0.3) is 0 Å². The Labute approximate surface area is 177 Å². The maximum atomic E-state index is 12.1. The molecule has 2 saturated heterocycles. The van der Waals surface area contributed by atoms with Crippen LogP contribution in [-0.4, -0.2) is 56.1 Å². The highest BCUT2D eigenvalue weighted by Gasteiger charge is 2.31. The fourth-order valence-electron chi connectivity index (χ4n) is 3.74. The molecule has 2 aliphatic heterocycles. The molecule has 2 aromatic rings. The van der Waals surface area contributed by atoms with E-state index in [1.165, 1.54) is 6.07 Å². The van der Waals surface area contributed by atoms with Gasteiger partial charge in [0.2, 0.25) is 0 Å². The molecule has 0 bridgehead atoms. The lowest BCUT2D eigenvalue weighted by atomic mass is 10.1. The van der Waals surface area contributed by atoms with Crippen LogP contribution in [0.2, 0.25) is 5.02 Å². The van der Waals surface area contributed by atoms with Gasteiger partial charge in [-0.2, -0.15) is 0 Å². The topological polar surface area (TPSA) is 96.2 Å². The summed E-state index contributed by atoms with van der Waals surface area (Å²) in [6.07, 6.45) is 0. The summed E-state index contributed by atoms with van der Waals surface area (Å²) in [6, 6.07) is 12.0. The minimum Gasteiger partial charge on any atom is -0.367 e. The lowest BCUT2D eigenvalue weighted by Gasteiger charge is -2.37. The van der Waals surface area contributed by atoms with E-state index in [0.29, 0.717) is 36.9 Å². The van der Waals surface area contributed by atoms with Crippen LogP contribution >= 0.6 is 11.6 Å². The number of rotatable bonds is 4. The molecule has 0 atom stereocenters. The first-order valence-electron chi connectivity index (χ1n) is 9.42. The fraction of sp³-hybridized carbons (Fsp3) is 0.300. The highest BCUT2D eigenvalue weighted by Crippen LogP contribution is 2.35. The number of nitro groups is 1. The van der Waals surface area contributed by atoms with Gasteiger partial charge in [0.05, 0.1) is 21.3 Å². The van der Waals surface area contributed by atoms with E-state index in [0.717, 1.165) is 10.6 Å². The summed E-state index contributed by atoms with van der Waals surface area (Å²) in [5.74, 6) is -1.08. The van der Waals surface area contributed by atoms with Crippen LogP contribution in [0.4, 0.5) is 22.7 Å². The lowest BCUT2D eigenvalue weighted by molar-refractivity contribution is -0.384. The summed E-state index contributed by atoms with van der Waals surface area (Å²) in [4.78, 5) is 40.4. The smallest absolute Gasteiger partial charge is 0.294 e. The molecule has 4 rings (SSSR count). The van der Waals surface area contributed by atoms with E-state index in [1.807, 2.05) is 29.2 Å². The number of imide groups is 1. The third-order valence-electron chi connectivity index (χ3n) is 5.18. The summed E-state index contributed by atoms with van der Waals surface area (Å²) >= 11 is 6.28. The van der Waals surface area contributed by atoms with Gasteiger partial charge >= 0.3 is 0 Å². The first-order valence-corrected chi connectivity index (χ1v) is 9.80. The number of nitrogens with zero attached hydrogens (tertiary/aromatic N) is 4. The van der Waals surface area contributed by atoms with E-state index < -0.39 is 16.7 Å². The second-order valence-electron chi connectivity index (χ2n) is 6.97. The normalized spacial score (nSPS) is 17.4. The minimum absolute atomic E-state index is 0.147. The molecule has 0 aromatic heterocycles. The average Bonchev–Trinajstić information content (AvgIpc) is 2.74. The van der Waals surface area contributed by atoms with Crippen molar-refractivity contribution in [1.29, 1.82) is 0 Å². The zero-order valence-corrected chi connectivity index (χ0v) is 16.7. The SMILES string of the molecule is O=C1COCC(=O)N1c1ccc(N2CCN(c3ccccc3Cl)CC2)c([N+](=O)[O-])c1. The Morgan fingerprint density at radius 1 is 0.900 bits per heavy atom. The van der Waals surface area contributed by atoms with Crippen LogP contribution < -0.4 is 14.7 Å². The second kappa shape index (κ2) is 8.29. The molecule has 2 amide bonds. The van der Waals surface area contributed by atoms with Gasteiger partial charge < -0.3 is 14.5 Å². The molecule has 0 N–H and O–H groups in total. The number of anilines is 3. The minimum atomic E-state index is -0.540. The molecule has 156 valence electrons. The molecule has 0 unspecified atom stereocenters. The number of carbonyl (C=O) groups excluding carboxylic acids is 2. The van der Waals surface area contributed by atoms with Crippen LogP contribution in [0.5, 0.6) is 0 Å². The maximum absolute atomic E-state index is 12.1. The Bertz CT molecular complexity index is 990. The molecule has 2 aromatic carbocycles. The summed E-state index contributed by atoms with van der Waals surface area (Å²) in [6.45, 7) is 1.99. The molecule has 30 heavy (non-hydrogen) atoms. The quantitative estimate of drug-likeness (QED) is 0.417. The number of piperazine rings is 1. The van der Waals surface area contributed by atoms with Crippen molar-refractivity contribution in [2.75, 3.05) is 54.1 Å². The van der Waals surface area contributed by atoms with Crippen molar-refractivity contribution in [2.45, 2.75) is 0 Å². The molecular formula is C20H19ClN4O5. The average molecular weight is 431 g/mol. The zero-order chi connectivity index (χ0) is 21.3. The van der Waals surface area contributed by atoms with Crippen LogP contribution in [0, 0.1) is 10.1 Å². The second-order valence-corrected chi connectivity index (χ2v) is 7.38. The number of nitro benzene ring substituents is 1. The van der Waals surface area contributed by atoms with Gasteiger partial charge in [-0.3, -0.25) is 19.7 Å². The molecular weight excluding hydrogens is 412 g/mol. The highest BCUT2D eigenvalue weighted by atomic mass is 35.5. The third-order valence-corrected chi connectivity index (χ3v) is 5.50. The molecule has 9 nitrogen and oxygen atoms in total. The molecule has 10 heteroatoms. The van der Waals surface area contributed by atoms with Gasteiger partial charge in [0, 0.05) is 32.2 Å².